The number of rotatable bonds is 3. The minimum atomic E-state index is 0.197. The summed E-state index contributed by atoms with van der Waals surface area (Å²) < 4.78 is 2.00. The van der Waals surface area contributed by atoms with Gasteiger partial charge in [-0.05, 0) is 49.5 Å². The highest BCUT2D eigenvalue weighted by molar-refractivity contribution is 5.16. The molecule has 0 saturated heterocycles. The van der Waals surface area contributed by atoms with E-state index >= 15 is 0 Å². The van der Waals surface area contributed by atoms with E-state index in [1.54, 1.807) is 0 Å². The zero-order valence-corrected chi connectivity index (χ0v) is 10.9. The molecule has 0 spiro atoms. The van der Waals surface area contributed by atoms with Gasteiger partial charge < -0.3 is 5.73 Å². The Bertz CT molecular complexity index is 410. The van der Waals surface area contributed by atoms with Gasteiger partial charge in [0.1, 0.15) is 0 Å². The van der Waals surface area contributed by atoms with Crippen LogP contribution in [-0.4, -0.2) is 9.78 Å². The first-order valence-electron chi connectivity index (χ1n) is 6.97. The monoisotopic (exact) mass is 233 g/mol. The summed E-state index contributed by atoms with van der Waals surface area (Å²) in [6.07, 6.45) is 6.62. The van der Waals surface area contributed by atoms with Crippen LogP contribution in [0.25, 0.3) is 0 Å². The minimum Gasteiger partial charge on any atom is -0.322 e. The first-order valence-corrected chi connectivity index (χ1v) is 6.97. The lowest BCUT2D eigenvalue weighted by Crippen LogP contribution is -2.27. The molecule has 2 aliphatic rings. The molecule has 0 radical (unpaired) electrons. The maximum absolute atomic E-state index is 6.49. The molecule has 2 fully saturated rings. The topological polar surface area (TPSA) is 43.8 Å². The Kier molecular flexibility index (Phi) is 2.74. The zero-order chi connectivity index (χ0) is 12.0. The summed E-state index contributed by atoms with van der Waals surface area (Å²) >= 11 is 0. The van der Waals surface area contributed by atoms with Gasteiger partial charge in [-0.2, -0.15) is 5.10 Å². The molecule has 3 nitrogen and oxygen atoms in total. The molecule has 1 aromatic heterocycles. The molecule has 0 aliphatic heterocycles. The van der Waals surface area contributed by atoms with E-state index < -0.39 is 0 Å². The molecule has 2 bridgehead atoms. The van der Waals surface area contributed by atoms with Crippen molar-refractivity contribution in [3.8, 4) is 0 Å². The Labute approximate surface area is 103 Å². The van der Waals surface area contributed by atoms with Gasteiger partial charge in [0.2, 0.25) is 0 Å². The Morgan fingerprint density at radius 1 is 1.47 bits per heavy atom. The van der Waals surface area contributed by atoms with Crippen LogP contribution >= 0.6 is 0 Å². The van der Waals surface area contributed by atoms with Crippen LogP contribution in [0.5, 0.6) is 0 Å². The molecule has 94 valence electrons. The Morgan fingerprint density at radius 3 is 2.82 bits per heavy atom. The average Bonchev–Trinajstić information content (AvgIpc) is 3.01. The molecule has 1 heterocycles. The molecule has 17 heavy (non-hydrogen) atoms. The van der Waals surface area contributed by atoms with Gasteiger partial charge in [0.15, 0.2) is 0 Å². The number of hydrogen-bond donors (Lipinski definition) is 1. The summed E-state index contributed by atoms with van der Waals surface area (Å²) in [5.74, 6) is 2.55. The van der Waals surface area contributed by atoms with Gasteiger partial charge in [0.05, 0.1) is 11.4 Å². The molecule has 3 heteroatoms. The fourth-order valence-electron chi connectivity index (χ4n) is 3.98. The highest BCUT2D eigenvalue weighted by atomic mass is 15.3. The lowest BCUT2D eigenvalue weighted by Gasteiger charge is -2.27. The number of nitrogens with two attached hydrogens (primary N) is 1. The lowest BCUT2D eigenvalue weighted by molar-refractivity contribution is 0.277. The van der Waals surface area contributed by atoms with E-state index in [1.807, 2.05) is 11.7 Å². The molecular weight excluding hydrogens is 210 g/mol. The number of nitrogens with zero attached hydrogens (tertiary/aromatic N) is 2. The summed E-state index contributed by atoms with van der Waals surface area (Å²) in [7, 11) is 2.03. The van der Waals surface area contributed by atoms with Crippen LogP contribution in [0, 0.1) is 17.8 Å². The number of fused-ring (bicyclic) bond motifs is 2. The summed E-state index contributed by atoms with van der Waals surface area (Å²) in [5, 5.41) is 4.52. The molecule has 0 aromatic carbocycles. The summed E-state index contributed by atoms with van der Waals surface area (Å²) in [5.41, 5.74) is 8.90. The van der Waals surface area contributed by atoms with Crippen molar-refractivity contribution < 1.29 is 0 Å². The predicted molar refractivity (Wildman–Crippen MR) is 68.5 cm³/mol. The first-order chi connectivity index (χ1) is 8.19. The lowest BCUT2D eigenvalue weighted by atomic mass is 9.82. The smallest absolute Gasteiger partial charge is 0.0625 e. The highest BCUT2D eigenvalue weighted by Gasteiger charge is 2.43. The van der Waals surface area contributed by atoms with Crippen molar-refractivity contribution in [1.29, 1.82) is 0 Å². The van der Waals surface area contributed by atoms with Crippen molar-refractivity contribution in [2.75, 3.05) is 0 Å². The predicted octanol–water partition coefficient (Wildman–Crippen LogP) is 2.42. The quantitative estimate of drug-likeness (QED) is 0.871. The molecule has 1 aromatic rings. The minimum absolute atomic E-state index is 0.197. The van der Waals surface area contributed by atoms with E-state index in [2.05, 4.69) is 18.1 Å². The summed E-state index contributed by atoms with van der Waals surface area (Å²) in [6, 6.07) is 2.40. The maximum atomic E-state index is 6.49. The van der Waals surface area contributed by atoms with E-state index in [4.69, 9.17) is 5.73 Å². The molecular formula is C14H23N3. The fourth-order valence-corrected chi connectivity index (χ4v) is 3.98. The van der Waals surface area contributed by atoms with E-state index in [0.29, 0.717) is 5.92 Å². The molecule has 2 saturated carbocycles. The molecule has 4 atom stereocenters. The van der Waals surface area contributed by atoms with E-state index in [0.717, 1.165) is 18.3 Å². The van der Waals surface area contributed by atoms with Crippen LogP contribution in [0.4, 0.5) is 0 Å². The Hall–Kier alpha value is -0.830. The number of aryl methyl sites for hydroxylation is 2. The Balaban J connectivity index is 1.81. The van der Waals surface area contributed by atoms with Crippen LogP contribution in [-0.2, 0) is 13.5 Å². The van der Waals surface area contributed by atoms with Crippen LogP contribution in [0.15, 0.2) is 6.07 Å². The highest BCUT2D eigenvalue weighted by Crippen LogP contribution is 2.51. The second-order valence-electron chi connectivity index (χ2n) is 5.90. The third-order valence-corrected chi connectivity index (χ3v) is 4.92. The van der Waals surface area contributed by atoms with E-state index in [9.17, 15) is 0 Å². The molecule has 4 unspecified atom stereocenters. The van der Waals surface area contributed by atoms with Crippen molar-refractivity contribution in [2.24, 2.45) is 30.5 Å². The van der Waals surface area contributed by atoms with Gasteiger partial charge in [-0.3, -0.25) is 4.68 Å². The van der Waals surface area contributed by atoms with Crippen molar-refractivity contribution in [1.82, 2.24) is 9.78 Å². The summed E-state index contributed by atoms with van der Waals surface area (Å²) in [4.78, 5) is 0. The van der Waals surface area contributed by atoms with Crippen LogP contribution in [0.2, 0.25) is 0 Å². The van der Waals surface area contributed by atoms with Crippen LogP contribution in [0.3, 0.4) is 0 Å². The van der Waals surface area contributed by atoms with Crippen molar-refractivity contribution in [3.63, 3.8) is 0 Å². The third kappa shape index (κ3) is 1.81. The third-order valence-electron chi connectivity index (χ3n) is 4.92. The van der Waals surface area contributed by atoms with Gasteiger partial charge in [0.25, 0.3) is 0 Å². The van der Waals surface area contributed by atoms with Crippen LogP contribution in [0.1, 0.15) is 50.0 Å². The van der Waals surface area contributed by atoms with Gasteiger partial charge in [-0.1, -0.05) is 13.3 Å². The second kappa shape index (κ2) is 4.13. The SMILES string of the molecule is CCc1cc(C(N)C2CC3CCC2C3)n(C)n1. The van der Waals surface area contributed by atoms with Gasteiger partial charge in [-0.15, -0.1) is 0 Å². The fraction of sp³-hybridized carbons (Fsp3) is 0.786. The number of aromatic nitrogens is 2. The van der Waals surface area contributed by atoms with Crippen molar-refractivity contribution in [3.05, 3.63) is 17.5 Å². The Morgan fingerprint density at radius 2 is 2.29 bits per heavy atom. The van der Waals surface area contributed by atoms with Crippen molar-refractivity contribution >= 4 is 0 Å². The van der Waals surface area contributed by atoms with E-state index in [-0.39, 0.29) is 6.04 Å². The van der Waals surface area contributed by atoms with Crippen LogP contribution < -0.4 is 5.73 Å². The number of hydrogen-bond acceptors (Lipinski definition) is 2. The standard InChI is InChI=1S/C14H23N3/c1-3-11-8-13(17(2)16-11)14(15)12-7-9-4-5-10(12)6-9/h8-10,12,14H,3-7,15H2,1-2H3. The van der Waals surface area contributed by atoms with Gasteiger partial charge in [-0.25, -0.2) is 0 Å². The summed E-state index contributed by atoms with van der Waals surface area (Å²) in [6.45, 7) is 2.15. The van der Waals surface area contributed by atoms with Gasteiger partial charge in [0, 0.05) is 13.1 Å². The average molecular weight is 233 g/mol. The first kappa shape index (κ1) is 11.3. The second-order valence-corrected chi connectivity index (χ2v) is 5.90. The zero-order valence-electron chi connectivity index (χ0n) is 10.9. The van der Waals surface area contributed by atoms with Gasteiger partial charge >= 0.3 is 0 Å². The molecule has 0 amide bonds. The normalized spacial score (nSPS) is 33.2. The molecule has 2 N–H and O–H groups in total. The maximum Gasteiger partial charge on any atom is 0.0625 e. The van der Waals surface area contributed by atoms with Crippen molar-refractivity contribution in [2.45, 2.75) is 45.1 Å². The molecule has 3 rings (SSSR count). The molecule has 2 aliphatic carbocycles. The van der Waals surface area contributed by atoms with E-state index in [1.165, 1.54) is 37.1 Å². The largest absolute Gasteiger partial charge is 0.322 e.